The minimum Gasteiger partial charge on any atom is -0.337 e. The third kappa shape index (κ3) is 2.30. The molecule has 1 saturated heterocycles. The van der Waals surface area contributed by atoms with Crippen molar-refractivity contribution in [3.05, 3.63) is 16.9 Å². The first-order chi connectivity index (χ1) is 7.72. The number of aromatic nitrogens is 2. The molecule has 1 fully saturated rings. The molecular weight excluding hydrogens is 246 g/mol. The van der Waals surface area contributed by atoms with Crippen LogP contribution in [0.3, 0.4) is 0 Å². The van der Waals surface area contributed by atoms with Crippen LogP contribution in [0.1, 0.15) is 23.3 Å². The fraction of sp³-hybridized carbons (Fsp3) is 0.500. The molecule has 0 aliphatic carbocycles. The molecule has 1 aliphatic heterocycles. The summed E-state index contributed by atoms with van der Waals surface area (Å²) in [5.41, 5.74) is 0.322. The number of nitrogens with zero attached hydrogens (tertiary/aromatic N) is 3. The Bertz CT molecular complexity index is 407. The van der Waals surface area contributed by atoms with Gasteiger partial charge >= 0.3 is 0 Å². The maximum absolute atomic E-state index is 12.1. The predicted molar refractivity (Wildman–Crippen MR) is 64.0 cm³/mol. The van der Waals surface area contributed by atoms with Crippen LogP contribution in [0.5, 0.6) is 0 Å². The van der Waals surface area contributed by atoms with Crippen LogP contribution >= 0.6 is 23.4 Å². The van der Waals surface area contributed by atoms with Gasteiger partial charge in [-0.1, -0.05) is 23.4 Å². The molecule has 0 unspecified atom stereocenters. The van der Waals surface area contributed by atoms with E-state index in [0.717, 1.165) is 25.9 Å². The number of hydrogen-bond acceptors (Lipinski definition) is 4. The number of carbonyl (C=O) groups is 1. The standard InChI is InChI=1S/C10H12ClN3OS/c1-16-10-12-6-7(11)8(13-10)9(15)14-4-2-3-5-14/h6H,2-5H2,1H3. The van der Waals surface area contributed by atoms with Crippen molar-refractivity contribution in [1.29, 1.82) is 0 Å². The molecule has 6 heteroatoms. The van der Waals surface area contributed by atoms with Gasteiger partial charge < -0.3 is 4.90 Å². The van der Waals surface area contributed by atoms with Crippen LogP contribution in [-0.2, 0) is 0 Å². The molecule has 1 aliphatic rings. The third-order valence-electron chi connectivity index (χ3n) is 2.50. The number of carbonyl (C=O) groups excluding carboxylic acids is 1. The van der Waals surface area contributed by atoms with Crippen molar-refractivity contribution in [1.82, 2.24) is 14.9 Å². The van der Waals surface area contributed by atoms with E-state index in [-0.39, 0.29) is 5.91 Å². The minimum atomic E-state index is -0.0831. The summed E-state index contributed by atoms with van der Waals surface area (Å²) in [6.45, 7) is 1.60. The molecule has 0 saturated carbocycles. The van der Waals surface area contributed by atoms with E-state index in [2.05, 4.69) is 9.97 Å². The number of halogens is 1. The summed E-state index contributed by atoms with van der Waals surface area (Å²) in [5, 5.41) is 0.904. The van der Waals surface area contributed by atoms with E-state index in [4.69, 9.17) is 11.6 Å². The van der Waals surface area contributed by atoms with Crippen LogP contribution in [0.2, 0.25) is 5.02 Å². The van der Waals surface area contributed by atoms with Crippen molar-refractivity contribution in [2.75, 3.05) is 19.3 Å². The normalized spacial score (nSPS) is 15.5. The van der Waals surface area contributed by atoms with E-state index in [9.17, 15) is 4.79 Å². The van der Waals surface area contributed by atoms with Crippen LogP contribution in [-0.4, -0.2) is 40.1 Å². The summed E-state index contributed by atoms with van der Waals surface area (Å²) < 4.78 is 0. The van der Waals surface area contributed by atoms with Crippen LogP contribution in [0, 0.1) is 0 Å². The van der Waals surface area contributed by atoms with Gasteiger partial charge in [-0.15, -0.1) is 0 Å². The van der Waals surface area contributed by atoms with Gasteiger partial charge in [-0.25, -0.2) is 9.97 Å². The Morgan fingerprint density at radius 1 is 1.50 bits per heavy atom. The van der Waals surface area contributed by atoms with Gasteiger partial charge in [-0.2, -0.15) is 0 Å². The van der Waals surface area contributed by atoms with Crippen LogP contribution < -0.4 is 0 Å². The van der Waals surface area contributed by atoms with Gasteiger partial charge in [-0.05, 0) is 19.1 Å². The molecule has 0 atom stereocenters. The lowest BCUT2D eigenvalue weighted by atomic mass is 10.3. The van der Waals surface area contributed by atoms with Gasteiger partial charge in [0.05, 0.1) is 11.2 Å². The Balaban J connectivity index is 2.27. The molecule has 0 bridgehead atoms. The molecule has 1 aromatic rings. The average molecular weight is 258 g/mol. The van der Waals surface area contributed by atoms with E-state index in [0.29, 0.717) is 15.9 Å². The van der Waals surface area contributed by atoms with E-state index >= 15 is 0 Å². The molecule has 16 heavy (non-hydrogen) atoms. The second kappa shape index (κ2) is 5.01. The summed E-state index contributed by atoms with van der Waals surface area (Å²) in [6, 6.07) is 0. The zero-order valence-electron chi connectivity index (χ0n) is 8.94. The van der Waals surface area contributed by atoms with Crippen molar-refractivity contribution >= 4 is 29.3 Å². The molecule has 0 spiro atoms. The molecule has 2 heterocycles. The second-order valence-electron chi connectivity index (χ2n) is 3.55. The van der Waals surface area contributed by atoms with Crippen LogP contribution in [0.25, 0.3) is 0 Å². The Morgan fingerprint density at radius 2 is 2.19 bits per heavy atom. The first-order valence-electron chi connectivity index (χ1n) is 5.08. The van der Waals surface area contributed by atoms with Gasteiger partial charge in [0, 0.05) is 13.1 Å². The largest absolute Gasteiger partial charge is 0.337 e. The molecular formula is C10H12ClN3OS. The molecule has 86 valence electrons. The molecule has 1 amide bonds. The maximum Gasteiger partial charge on any atom is 0.274 e. The maximum atomic E-state index is 12.1. The molecule has 0 aromatic carbocycles. The van der Waals surface area contributed by atoms with E-state index in [1.165, 1.54) is 18.0 Å². The molecule has 2 rings (SSSR count). The highest BCUT2D eigenvalue weighted by molar-refractivity contribution is 7.98. The van der Waals surface area contributed by atoms with Gasteiger partial charge in [0.15, 0.2) is 10.9 Å². The van der Waals surface area contributed by atoms with Gasteiger partial charge in [-0.3, -0.25) is 4.79 Å². The highest BCUT2D eigenvalue weighted by Gasteiger charge is 2.23. The Labute approximate surface area is 103 Å². The monoisotopic (exact) mass is 257 g/mol. The lowest BCUT2D eigenvalue weighted by molar-refractivity contribution is 0.0786. The van der Waals surface area contributed by atoms with Crippen LogP contribution in [0.15, 0.2) is 11.4 Å². The summed E-state index contributed by atoms with van der Waals surface area (Å²) >= 11 is 7.34. The topological polar surface area (TPSA) is 46.1 Å². The Kier molecular flexibility index (Phi) is 3.66. The molecule has 4 nitrogen and oxygen atoms in total. The lowest BCUT2D eigenvalue weighted by Gasteiger charge is -2.15. The van der Waals surface area contributed by atoms with Gasteiger partial charge in [0.25, 0.3) is 5.91 Å². The minimum absolute atomic E-state index is 0.0831. The van der Waals surface area contributed by atoms with Crippen molar-refractivity contribution in [3.8, 4) is 0 Å². The zero-order valence-corrected chi connectivity index (χ0v) is 10.5. The Hall–Kier alpha value is -0.810. The number of thioether (sulfide) groups is 1. The number of likely N-dealkylation sites (tertiary alicyclic amines) is 1. The highest BCUT2D eigenvalue weighted by Crippen LogP contribution is 2.20. The summed E-state index contributed by atoms with van der Waals surface area (Å²) in [7, 11) is 0. The van der Waals surface area contributed by atoms with Crippen LogP contribution in [0.4, 0.5) is 0 Å². The average Bonchev–Trinajstić information content (AvgIpc) is 2.82. The summed E-state index contributed by atoms with van der Waals surface area (Å²) in [6.07, 6.45) is 5.48. The van der Waals surface area contributed by atoms with Crippen molar-refractivity contribution < 1.29 is 4.79 Å². The van der Waals surface area contributed by atoms with Gasteiger partial charge in [0.1, 0.15) is 0 Å². The van der Waals surface area contributed by atoms with Crippen molar-refractivity contribution in [3.63, 3.8) is 0 Å². The Morgan fingerprint density at radius 3 is 2.81 bits per heavy atom. The van der Waals surface area contributed by atoms with E-state index in [1.54, 1.807) is 4.90 Å². The van der Waals surface area contributed by atoms with E-state index in [1.807, 2.05) is 6.26 Å². The fourth-order valence-corrected chi connectivity index (χ4v) is 2.18. The molecule has 1 aromatic heterocycles. The van der Waals surface area contributed by atoms with E-state index < -0.39 is 0 Å². The first-order valence-corrected chi connectivity index (χ1v) is 6.68. The summed E-state index contributed by atoms with van der Waals surface area (Å²) in [4.78, 5) is 22.0. The third-order valence-corrected chi connectivity index (χ3v) is 3.34. The fourth-order valence-electron chi connectivity index (χ4n) is 1.67. The first kappa shape index (κ1) is 11.7. The lowest BCUT2D eigenvalue weighted by Crippen LogP contribution is -2.28. The highest BCUT2D eigenvalue weighted by atomic mass is 35.5. The number of amides is 1. The van der Waals surface area contributed by atoms with Crippen molar-refractivity contribution in [2.24, 2.45) is 0 Å². The quantitative estimate of drug-likeness (QED) is 0.601. The van der Waals surface area contributed by atoms with Crippen molar-refractivity contribution in [2.45, 2.75) is 18.0 Å². The smallest absolute Gasteiger partial charge is 0.274 e. The SMILES string of the molecule is CSc1ncc(Cl)c(C(=O)N2CCCC2)n1. The number of rotatable bonds is 2. The molecule has 0 N–H and O–H groups in total. The second-order valence-corrected chi connectivity index (χ2v) is 4.73. The zero-order chi connectivity index (χ0) is 11.5. The summed E-state index contributed by atoms with van der Waals surface area (Å²) in [5.74, 6) is -0.0831. The van der Waals surface area contributed by atoms with Gasteiger partial charge in [0.2, 0.25) is 0 Å². The number of hydrogen-bond donors (Lipinski definition) is 0. The predicted octanol–water partition coefficient (Wildman–Crippen LogP) is 2.09. The molecule has 0 radical (unpaired) electrons.